The van der Waals surface area contributed by atoms with Crippen molar-refractivity contribution in [2.45, 2.75) is 26.2 Å². The second-order valence-electron chi connectivity index (χ2n) is 4.53. The van der Waals surface area contributed by atoms with Crippen LogP contribution in [0.5, 0.6) is 0 Å². The Bertz CT molecular complexity index is 348. The smallest absolute Gasteiger partial charge is 0.321 e. The molecule has 0 saturated heterocycles. The summed E-state index contributed by atoms with van der Waals surface area (Å²) in [6.07, 6.45) is 4.12. The third-order valence-electron chi connectivity index (χ3n) is 2.09. The fourth-order valence-electron chi connectivity index (χ4n) is 1.52. The van der Waals surface area contributed by atoms with Gasteiger partial charge in [-0.2, -0.15) is 0 Å². The van der Waals surface area contributed by atoms with Crippen molar-refractivity contribution in [2.24, 2.45) is 0 Å². The van der Waals surface area contributed by atoms with E-state index in [1.165, 1.54) is 5.56 Å². The van der Waals surface area contributed by atoms with E-state index in [0.717, 1.165) is 0 Å². The summed E-state index contributed by atoms with van der Waals surface area (Å²) in [7, 11) is -2.58. The molecular formula is C13H21O2Si2. The summed E-state index contributed by atoms with van der Waals surface area (Å²) in [6.45, 7) is 9.11. The molecule has 1 aromatic rings. The number of hydrogen-bond acceptors (Lipinski definition) is 2. The van der Waals surface area contributed by atoms with Crippen molar-refractivity contribution in [3.05, 3.63) is 42.0 Å². The Morgan fingerprint density at radius 1 is 1.18 bits per heavy atom. The molecule has 0 amide bonds. The first-order chi connectivity index (χ1) is 7.99. The second-order valence-corrected chi connectivity index (χ2v) is 10.3. The van der Waals surface area contributed by atoms with E-state index in [2.05, 4.69) is 44.4 Å². The predicted octanol–water partition coefficient (Wildman–Crippen LogP) is 3.69. The van der Waals surface area contributed by atoms with Crippen LogP contribution in [0.3, 0.4) is 0 Å². The van der Waals surface area contributed by atoms with Crippen LogP contribution in [0.25, 0.3) is 6.08 Å². The minimum absolute atomic E-state index is 0.628. The normalized spacial score (nSPS) is 12.5. The van der Waals surface area contributed by atoms with Gasteiger partial charge < -0.3 is 8.54 Å². The third kappa shape index (κ3) is 6.58. The van der Waals surface area contributed by atoms with E-state index in [1.807, 2.05) is 24.3 Å². The Morgan fingerprint density at radius 3 is 2.41 bits per heavy atom. The molecule has 93 valence electrons. The van der Waals surface area contributed by atoms with Crippen LogP contribution in [-0.2, 0) is 8.54 Å². The highest BCUT2D eigenvalue weighted by Gasteiger charge is 2.25. The van der Waals surface area contributed by atoms with E-state index < -0.39 is 17.6 Å². The van der Waals surface area contributed by atoms with Gasteiger partial charge in [0.25, 0.3) is 0 Å². The molecule has 0 aromatic heterocycles. The van der Waals surface area contributed by atoms with Gasteiger partial charge in [-0.05, 0) is 31.8 Å². The third-order valence-corrected chi connectivity index (χ3v) is 6.55. The standard InChI is InChI=1S/C13H21O2Si2/c1-16(2)15-17(3,4)14-12-8-11-13-9-6-5-7-10-13/h5-11H,12H2,1-4H3/b11-8+. The van der Waals surface area contributed by atoms with Crippen LogP contribution in [0.4, 0.5) is 0 Å². The van der Waals surface area contributed by atoms with Crippen LogP contribution in [-0.4, -0.2) is 24.2 Å². The predicted molar refractivity (Wildman–Crippen MR) is 77.5 cm³/mol. The summed E-state index contributed by atoms with van der Waals surface area (Å²) in [4.78, 5) is 0. The maximum Gasteiger partial charge on any atom is 0.321 e. The van der Waals surface area contributed by atoms with Crippen LogP contribution in [0.15, 0.2) is 36.4 Å². The topological polar surface area (TPSA) is 18.5 Å². The Morgan fingerprint density at radius 2 is 1.82 bits per heavy atom. The van der Waals surface area contributed by atoms with Crippen LogP contribution in [0.1, 0.15) is 5.56 Å². The van der Waals surface area contributed by atoms with Gasteiger partial charge in [0.15, 0.2) is 9.04 Å². The summed E-state index contributed by atoms with van der Waals surface area (Å²) in [5.74, 6) is 0. The van der Waals surface area contributed by atoms with E-state index >= 15 is 0 Å². The summed E-state index contributed by atoms with van der Waals surface area (Å²) >= 11 is 0. The van der Waals surface area contributed by atoms with Gasteiger partial charge in [-0.3, -0.25) is 0 Å². The zero-order chi connectivity index (χ0) is 12.7. The van der Waals surface area contributed by atoms with Gasteiger partial charge in [0.2, 0.25) is 0 Å². The van der Waals surface area contributed by atoms with Crippen molar-refractivity contribution in [2.75, 3.05) is 6.61 Å². The number of hydrogen-bond donors (Lipinski definition) is 0. The molecule has 1 aromatic carbocycles. The Labute approximate surface area is 107 Å². The zero-order valence-corrected chi connectivity index (χ0v) is 13.1. The highest BCUT2D eigenvalue weighted by molar-refractivity contribution is 6.72. The van der Waals surface area contributed by atoms with Crippen molar-refractivity contribution < 1.29 is 8.54 Å². The average molecular weight is 265 g/mol. The van der Waals surface area contributed by atoms with Crippen molar-refractivity contribution in [1.82, 2.24) is 0 Å². The Hall–Kier alpha value is -0.686. The quantitative estimate of drug-likeness (QED) is 0.730. The van der Waals surface area contributed by atoms with Crippen LogP contribution in [0, 0.1) is 0 Å². The monoisotopic (exact) mass is 265 g/mol. The lowest BCUT2D eigenvalue weighted by atomic mass is 10.2. The molecular weight excluding hydrogens is 244 g/mol. The van der Waals surface area contributed by atoms with E-state index in [9.17, 15) is 0 Å². The zero-order valence-electron chi connectivity index (χ0n) is 11.1. The molecule has 0 atom stereocenters. The lowest BCUT2D eigenvalue weighted by Gasteiger charge is -2.24. The molecule has 0 N–H and O–H groups in total. The van der Waals surface area contributed by atoms with E-state index in [4.69, 9.17) is 8.54 Å². The number of rotatable bonds is 6. The summed E-state index contributed by atoms with van der Waals surface area (Å²) in [6, 6.07) is 10.2. The van der Waals surface area contributed by atoms with Gasteiger partial charge in [-0.15, -0.1) is 0 Å². The van der Waals surface area contributed by atoms with Crippen LogP contribution >= 0.6 is 0 Å². The number of benzene rings is 1. The first-order valence-electron chi connectivity index (χ1n) is 5.84. The largest absolute Gasteiger partial charge is 0.436 e. The second kappa shape index (κ2) is 6.91. The summed E-state index contributed by atoms with van der Waals surface area (Å²) < 4.78 is 11.7. The van der Waals surface area contributed by atoms with E-state index in [-0.39, 0.29) is 0 Å². The van der Waals surface area contributed by atoms with Gasteiger partial charge in [0.05, 0.1) is 6.61 Å². The average Bonchev–Trinajstić information content (AvgIpc) is 2.24. The van der Waals surface area contributed by atoms with Gasteiger partial charge in [-0.1, -0.05) is 42.5 Å². The van der Waals surface area contributed by atoms with Crippen LogP contribution < -0.4 is 0 Å². The first kappa shape index (κ1) is 14.4. The van der Waals surface area contributed by atoms with Gasteiger partial charge >= 0.3 is 8.56 Å². The molecule has 0 saturated carbocycles. The SMILES string of the molecule is C[Si](C)O[Si](C)(C)OC/C=C/c1ccccc1. The Balaban J connectivity index is 2.35. The van der Waals surface area contributed by atoms with Crippen molar-refractivity contribution >= 4 is 23.7 Å². The van der Waals surface area contributed by atoms with E-state index in [0.29, 0.717) is 6.61 Å². The Kier molecular flexibility index (Phi) is 5.84. The minimum Gasteiger partial charge on any atom is -0.436 e. The first-order valence-corrected chi connectivity index (χ1v) is 11.1. The van der Waals surface area contributed by atoms with Gasteiger partial charge in [0, 0.05) is 0 Å². The van der Waals surface area contributed by atoms with Gasteiger partial charge in [-0.25, -0.2) is 0 Å². The van der Waals surface area contributed by atoms with Crippen molar-refractivity contribution in [3.8, 4) is 0 Å². The molecule has 0 bridgehead atoms. The van der Waals surface area contributed by atoms with Gasteiger partial charge in [0.1, 0.15) is 0 Å². The lowest BCUT2D eigenvalue weighted by Crippen LogP contribution is -2.38. The molecule has 4 heteroatoms. The molecule has 0 aliphatic carbocycles. The van der Waals surface area contributed by atoms with Crippen molar-refractivity contribution in [3.63, 3.8) is 0 Å². The van der Waals surface area contributed by atoms with Crippen LogP contribution in [0.2, 0.25) is 26.2 Å². The molecule has 0 fully saturated rings. The molecule has 0 spiro atoms. The fraction of sp³-hybridized carbons (Fsp3) is 0.385. The highest BCUT2D eigenvalue weighted by atomic mass is 28.4. The maximum atomic E-state index is 5.87. The summed E-state index contributed by atoms with van der Waals surface area (Å²) in [5.41, 5.74) is 1.20. The molecule has 2 nitrogen and oxygen atoms in total. The summed E-state index contributed by atoms with van der Waals surface area (Å²) in [5, 5.41) is 0. The molecule has 1 radical (unpaired) electrons. The molecule has 0 heterocycles. The van der Waals surface area contributed by atoms with E-state index in [1.54, 1.807) is 0 Å². The molecule has 0 aliphatic heterocycles. The molecule has 17 heavy (non-hydrogen) atoms. The van der Waals surface area contributed by atoms with Crippen molar-refractivity contribution in [1.29, 1.82) is 0 Å². The maximum absolute atomic E-state index is 5.87. The highest BCUT2D eigenvalue weighted by Crippen LogP contribution is 2.09. The molecule has 1 rings (SSSR count). The minimum atomic E-state index is -1.91. The molecule has 0 unspecified atom stereocenters. The lowest BCUT2D eigenvalue weighted by molar-refractivity contribution is 0.282. The fourth-order valence-corrected chi connectivity index (χ4v) is 6.18. The molecule has 0 aliphatic rings.